The van der Waals surface area contributed by atoms with Crippen LogP contribution in [0.1, 0.15) is 57.8 Å². The summed E-state index contributed by atoms with van der Waals surface area (Å²) in [5.74, 6) is 0.233. The third-order valence-electron chi connectivity index (χ3n) is 7.35. The van der Waals surface area contributed by atoms with Gasteiger partial charge >= 0.3 is 0 Å². The number of rotatable bonds is 2. The molecule has 1 saturated carbocycles. The Balaban J connectivity index is 1.37. The number of nitrogens with one attached hydrogen (secondary N) is 1. The van der Waals surface area contributed by atoms with E-state index in [0.29, 0.717) is 32.5 Å². The normalized spacial score (nSPS) is 35.0. The zero-order valence-electron chi connectivity index (χ0n) is 15.8. The van der Waals surface area contributed by atoms with Crippen LogP contribution in [0.2, 0.25) is 0 Å². The Hall–Kier alpha value is -1.14. The molecular formula is C20H33N3O3. The standard InChI is InChI=1S/C20H33N3O3/c24-17-8-13-23(14-20(17)9-3-10-21-19(20)26)18(25)15-6-11-22(12-7-15)16-4-1-2-5-16/h15-17,24H,1-14H2,(H,21,26)/t17-,20+/m0/s1. The summed E-state index contributed by atoms with van der Waals surface area (Å²) in [5, 5.41) is 13.4. The first-order valence-electron chi connectivity index (χ1n) is 10.6. The summed E-state index contributed by atoms with van der Waals surface area (Å²) in [7, 11) is 0. The number of carbonyl (C=O) groups is 2. The fraction of sp³-hybridized carbons (Fsp3) is 0.900. The van der Waals surface area contributed by atoms with Crippen molar-refractivity contribution in [3.63, 3.8) is 0 Å². The maximum atomic E-state index is 13.1. The number of amides is 2. The van der Waals surface area contributed by atoms with Gasteiger partial charge in [0.15, 0.2) is 0 Å². The van der Waals surface area contributed by atoms with Gasteiger partial charge in [-0.2, -0.15) is 0 Å². The minimum atomic E-state index is -0.781. The number of nitrogens with zero attached hydrogens (tertiary/aromatic N) is 2. The first kappa shape index (κ1) is 18.2. The summed E-state index contributed by atoms with van der Waals surface area (Å²) in [6.45, 7) is 3.72. The highest BCUT2D eigenvalue weighted by atomic mass is 16.3. The van der Waals surface area contributed by atoms with E-state index in [9.17, 15) is 14.7 Å². The molecule has 0 unspecified atom stereocenters. The average Bonchev–Trinajstić information content (AvgIpc) is 3.20. The maximum Gasteiger partial charge on any atom is 0.230 e. The molecule has 26 heavy (non-hydrogen) atoms. The van der Waals surface area contributed by atoms with E-state index in [1.807, 2.05) is 4.90 Å². The monoisotopic (exact) mass is 363 g/mol. The molecule has 6 heteroatoms. The molecule has 2 N–H and O–H groups in total. The topological polar surface area (TPSA) is 72.9 Å². The van der Waals surface area contributed by atoms with Crippen LogP contribution in [0, 0.1) is 11.3 Å². The van der Waals surface area contributed by atoms with Gasteiger partial charge < -0.3 is 20.2 Å². The Morgan fingerprint density at radius 1 is 1.04 bits per heavy atom. The first-order valence-corrected chi connectivity index (χ1v) is 10.6. The van der Waals surface area contributed by atoms with E-state index in [1.165, 1.54) is 25.7 Å². The van der Waals surface area contributed by atoms with E-state index in [-0.39, 0.29) is 17.7 Å². The Labute approximate surface area is 156 Å². The lowest BCUT2D eigenvalue weighted by molar-refractivity contribution is -0.157. The van der Waals surface area contributed by atoms with Crippen LogP contribution in [0.3, 0.4) is 0 Å². The van der Waals surface area contributed by atoms with Crippen molar-refractivity contribution in [1.82, 2.24) is 15.1 Å². The number of carbonyl (C=O) groups excluding carboxylic acids is 2. The van der Waals surface area contributed by atoms with Crippen LogP contribution in [-0.2, 0) is 9.59 Å². The Kier molecular flexibility index (Phi) is 5.24. The van der Waals surface area contributed by atoms with Gasteiger partial charge in [0, 0.05) is 31.6 Å². The van der Waals surface area contributed by atoms with Gasteiger partial charge in [0.2, 0.25) is 11.8 Å². The minimum absolute atomic E-state index is 0.0650. The summed E-state index contributed by atoms with van der Waals surface area (Å²) in [5.41, 5.74) is -0.781. The van der Waals surface area contributed by atoms with Gasteiger partial charge in [-0.1, -0.05) is 12.8 Å². The van der Waals surface area contributed by atoms with Crippen molar-refractivity contribution in [1.29, 1.82) is 0 Å². The highest BCUT2D eigenvalue weighted by molar-refractivity contribution is 5.86. The predicted molar refractivity (Wildman–Crippen MR) is 98.4 cm³/mol. The predicted octanol–water partition coefficient (Wildman–Crippen LogP) is 1.13. The van der Waals surface area contributed by atoms with E-state index in [1.54, 1.807) is 0 Å². The van der Waals surface area contributed by atoms with Crippen molar-refractivity contribution in [2.24, 2.45) is 11.3 Å². The molecule has 146 valence electrons. The number of piperidine rings is 3. The summed E-state index contributed by atoms with van der Waals surface area (Å²) in [6.07, 6.45) is 8.67. The third kappa shape index (κ3) is 3.26. The molecule has 4 aliphatic rings. The van der Waals surface area contributed by atoms with Gasteiger partial charge in [0.25, 0.3) is 0 Å². The molecule has 3 saturated heterocycles. The Morgan fingerprint density at radius 2 is 1.77 bits per heavy atom. The Morgan fingerprint density at radius 3 is 2.46 bits per heavy atom. The lowest BCUT2D eigenvalue weighted by atomic mass is 9.71. The highest BCUT2D eigenvalue weighted by Gasteiger charge is 2.51. The molecule has 0 aromatic rings. The molecule has 3 heterocycles. The molecule has 0 aromatic heterocycles. The van der Waals surface area contributed by atoms with Gasteiger partial charge in [0.1, 0.15) is 0 Å². The van der Waals surface area contributed by atoms with Crippen molar-refractivity contribution in [2.75, 3.05) is 32.7 Å². The average molecular weight is 364 g/mol. The molecular weight excluding hydrogens is 330 g/mol. The lowest BCUT2D eigenvalue weighted by Gasteiger charge is -2.48. The molecule has 0 aromatic carbocycles. The van der Waals surface area contributed by atoms with E-state index in [4.69, 9.17) is 0 Å². The zero-order valence-corrected chi connectivity index (χ0v) is 15.8. The molecule has 0 bridgehead atoms. The van der Waals surface area contributed by atoms with Crippen LogP contribution >= 0.6 is 0 Å². The molecule has 1 aliphatic carbocycles. The number of aliphatic hydroxyl groups is 1. The fourth-order valence-electron chi connectivity index (χ4n) is 5.67. The second-order valence-electron chi connectivity index (χ2n) is 8.83. The first-order chi connectivity index (χ1) is 12.6. The van der Waals surface area contributed by atoms with E-state index >= 15 is 0 Å². The lowest BCUT2D eigenvalue weighted by Crippen LogP contribution is -2.62. The smallest absolute Gasteiger partial charge is 0.230 e. The van der Waals surface area contributed by atoms with Gasteiger partial charge in [-0.3, -0.25) is 9.59 Å². The largest absolute Gasteiger partial charge is 0.392 e. The van der Waals surface area contributed by atoms with Crippen molar-refractivity contribution in [3.05, 3.63) is 0 Å². The molecule has 0 radical (unpaired) electrons. The zero-order chi connectivity index (χ0) is 18.1. The highest BCUT2D eigenvalue weighted by Crippen LogP contribution is 2.38. The number of aliphatic hydroxyl groups excluding tert-OH is 1. The quantitative estimate of drug-likeness (QED) is 0.771. The van der Waals surface area contributed by atoms with Crippen molar-refractivity contribution in [3.8, 4) is 0 Å². The van der Waals surface area contributed by atoms with Gasteiger partial charge in [0.05, 0.1) is 11.5 Å². The van der Waals surface area contributed by atoms with Crippen LogP contribution in [-0.4, -0.2) is 71.6 Å². The van der Waals surface area contributed by atoms with Gasteiger partial charge in [-0.05, 0) is 58.0 Å². The number of hydrogen-bond donors (Lipinski definition) is 2. The number of likely N-dealkylation sites (tertiary alicyclic amines) is 2. The minimum Gasteiger partial charge on any atom is -0.392 e. The molecule has 1 spiro atoms. The van der Waals surface area contributed by atoms with Crippen LogP contribution in [0.25, 0.3) is 0 Å². The SMILES string of the molecule is O=C(C1CCN(C2CCCC2)CC1)N1CC[C@H](O)[C@@]2(CCCNC2=O)C1. The maximum absolute atomic E-state index is 13.1. The second kappa shape index (κ2) is 7.47. The summed E-state index contributed by atoms with van der Waals surface area (Å²) < 4.78 is 0. The summed E-state index contributed by atoms with van der Waals surface area (Å²) >= 11 is 0. The van der Waals surface area contributed by atoms with E-state index in [2.05, 4.69) is 10.2 Å². The molecule has 3 aliphatic heterocycles. The van der Waals surface area contributed by atoms with Crippen LogP contribution in [0.4, 0.5) is 0 Å². The Bertz CT molecular complexity index is 540. The van der Waals surface area contributed by atoms with Crippen molar-refractivity contribution in [2.45, 2.75) is 69.9 Å². The van der Waals surface area contributed by atoms with Gasteiger partial charge in [-0.15, -0.1) is 0 Å². The van der Waals surface area contributed by atoms with Crippen LogP contribution in [0.5, 0.6) is 0 Å². The fourth-order valence-corrected chi connectivity index (χ4v) is 5.67. The van der Waals surface area contributed by atoms with Crippen LogP contribution in [0.15, 0.2) is 0 Å². The molecule has 4 rings (SSSR count). The third-order valence-corrected chi connectivity index (χ3v) is 7.35. The molecule has 2 amide bonds. The van der Waals surface area contributed by atoms with Gasteiger partial charge in [-0.25, -0.2) is 0 Å². The second-order valence-corrected chi connectivity index (χ2v) is 8.83. The van der Waals surface area contributed by atoms with E-state index in [0.717, 1.165) is 38.4 Å². The summed E-state index contributed by atoms with van der Waals surface area (Å²) in [4.78, 5) is 30.1. The number of hydrogen-bond acceptors (Lipinski definition) is 4. The van der Waals surface area contributed by atoms with Crippen molar-refractivity contribution < 1.29 is 14.7 Å². The molecule has 4 fully saturated rings. The summed E-state index contributed by atoms with van der Waals surface area (Å²) in [6, 6.07) is 0.741. The van der Waals surface area contributed by atoms with Crippen LogP contribution < -0.4 is 5.32 Å². The molecule has 2 atom stereocenters. The van der Waals surface area contributed by atoms with Crippen molar-refractivity contribution >= 4 is 11.8 Å². The molecule has 6 nitrogen and oxygen atoms in total. The van der Waals surface area contributed by atoms with E-state index < -0.39 is 11.5 Å².